The highest BCUT2D eigenvalue weighted by Gasteiger charge is 2.16. The number of aromatic nitrogens is 2. The van der Waals surface area contributed by atoms with Crippen molar-refractivity contribution in [3.05, 3.63) is 50.1 Å². The molecule has 0 aliphatic rings. The van der Waals surface area contributed by atoms with E-state index >= 15 is 0 Å². The Morgan fingerprint density at radius 3 is 2.62 bits per heavy atom. The van der Waals surface area contributed by atoms with Gasteiger partial charge in [-0.25, -0.2) is 4.39 Å². The summed E-state index contributed by atoms with van der Waals surface area (Å²) in [6.45, 7) is 4.35. The summed E-state index contributed by atoms with van der Waals surface area (Å²) in [7, 11) is 0. The number of halogens is 1. The average molecular weight is 320 g/mol. The second kappa shape index (κ2) is 5.20. The van der Waals surface area contributed by atoms with Crippen LogP contribution in [0.15, 0.2) is 29.1 Å². The first-order valence-corrected chi connectivity index (χ1v) is 7.77. The molecule has 2 heterocycles. The Morgan fingerprint density at radius 1 is 1.33 bits per heavy atom. The number of H-pyrrole nitrogens is 1. The predicted molar refractivity (Wildman–Crippen MR) is 87.1 cm³/mol. The summed E-state index contributed by atoms with van der Waals surface area (Å²) in [6.07, 6.45) is 0. The Bertz CT molecular complexity index is 935. The van der Waals surface area contributed by atoms with Crippen molar-refractivity contribution in [3.63, 3.8) is 0 Å². The average Bonchev–Trinajstić information content (AvgIpc) is 2.76. The van der Waals surface area contributed by atoms with Crippen molar-refractivity contribution in [2.45, 2.75) is 20.4 Å². The molecule has 1 N–H and O–H groups in total. The SMILES string of the molecule is CCn1c(=S)[nH]c2sc(C)c(-c3ccc(F)cc3)c2c1=O. The maximum absolute atomic E-state index is 13.1. The minimum atomic E-state index is -0.290. The summed E-state index contributed by atoms with van der Waals surface area (Å²) >= 11 is 6.71. The molecule has 1 aromatic carbocycles. The minimum Gasteiger partial charge on any atom is -0.323 e. The number of aryl methyl sites for hydroxylation is 1. The topological polar surface area (TPSA) is 37.8 Å². The zero-order valence-electron chi connectivity index (χ0n) is 11.6. The van der Waals surface area contributed by atoms with Crippen molar-refractivity contribution in [1.29, 1.82) is 0 Å². The summed E-state index contributed by atoms with van der Waals surface area (Å²) in [4.78, 5) is 17.6. The number of hydrogen-bond acceptors (Lipinski definition) is 3. The van der Waals surface area contributed by atoms with E-state index in [1.54, 1.807) is 12.1 Å². The fourth-order valence-corrected chi connectivity index (χ4v) is 3.93. The third kappa shape index (κ3) is 2.24. The normalized spacial score (nSPS) is 11.2. The molecule has 0 aliphatic carbocycles. The van der Waals surface area contributed by atoms with Crippen molar-refractivity contribution < 1.29 is 4.39 Å². The number of thiophene rings is 1. The third-order valence-corrected chi connectivity index (χ3v) is 4.80. The Labute approximate surface area is 129 Å². The second-order valence-corrected chi connectivity index (χ2v) is 6.34. The van der Waals surface area contributed by atoms with E-state index < -0.39 is 0 Å². The van der Waals surface area contributed by atoms with Gasteiger partial charge < -0.3 is 4.98 Å². The lowest BCUT2D eigenvalue weighted by Crippen LogP contribution is -2.20. The number of hydrogen-bond donors (Lipinski definition) is 1. The van der Waals surface area contributed by atoms with Crippen LogP contribution in [0, 0.1) is 17.5 Å². The minimum absolute atomic E-state index is 0.0973. The van der Waals surface area contributed by atoms with Crippen LogP contribution < -0.4 is 5.56 Å². The van der Waals surface area contributed by atoms with E-state index in [1.807, 2.05) is 13.8 Å². The lowest BCUT2D eigenvalue weighted by Gasteiger charge is -2.05. The molecular weight excluding hydrogens is 307 g/mol. The van der Waals surface area contributed by atoms with E-state index in [9.17, 15) is 9.18 Å². The monoisotopic (exact) mass is 320 g/mol. The van der Waals surface area contributed by atoms with Crippen molar-refractivity contribution >= 4 is 33.8 Å². The van der Waals surface area contributed by atoms with Gasteiger partial charge in [0.25, 0.3) is 5.56 Å². The maximum atomic E-state index is 13.1. The Hall–Kier alpha value is -1.79. The van der Waals surface area contributed by atoms with Gasteiger partial charge in [0.05, 0.1) is 5.39 Å². The van der Waals surface area contributed by atoms with Gasteiger partial charge in [-0.15, -0.1) is 11.3 Å². The van der Waals surface area contributed by atoms with Crippen LogP contribution in [0.1, 0.15) is 11.8 Å². The van der Waals surface area contributed by atoms with Crippen LogP contribution in [0.3, 0.4) is 0 Å². The van der Waals surface area contributed by atoms with Crippen LogP contribution in [0.2, 0.25) is 0 Å². The molecule has 0 saturated carbocycles. The molecule has 21 heavy (non-hydrogen) atoms. The van der Waals surface area contributed by atoms with Crippen molar-refractivity contribution in [2.24, 2.45) is 0 Å². The molecule has 2 aromatic heterocycles. The van der Waals surface area contributed by atoms with E-state index in [-0.39, 0.29) is 11.4 Å². The maximum Gasteiger partial charge on any atom is 0.263 e. The first-order chi connectivity index (χ1) is 10.0. The van der Waals surface area contributed by atoms with Gasteiger partial charge in [-0.2, -0.15) is 0 Å². The van der Waals surface area contributed by atoms with Gasteiger partial charge in [0, 0.05) is 17.0 Å². The molecule has 0 unspecified atom stereocenters. The number of nitrogens with one attached hydrogen (secondary N) is 1. The largest absolute Gasteiger partial charge is 0.323 e. The molecule has 0 spiro atoms. The first-order valence-electron chi connectivity index (χ1n) is 6.55. The molecule has 0 radical (unpaired) electrons. The molecular formula is C15H13FN2OS2. The summed E-state index contributed by atoms with van der Waals surface area (Å²) in [5.41, 5.74) is 1.60. The van der Waals surface area contributed by atoms with Crippen molar-refractivity contribution in [2.75, 3.05) is 0 Å². The first kappa shape index (κ1) is 14.2. The molecule has 3 rings (SSSR count). The Morgan fingerprint density at radius 2 is 2.00 bits per heavy atom. The van der Waals surface area contributed by atoms with E-state index in [4.69, 9.17) is 12.2 Å². The van der Waals surface area contributed by atoms with E-state index in [1.165, 1.54) is 28.0 Å². The quantitative estimate of drug-likeness (QED) is 0.717. The number of rotatable bonds is 2. The lowest BCUT2D eigenvalue weighted by molar-refractivity contribution is 0.628. The predicted octanol–water partition coefficient (Wildman–Crippen LogP) is 4.26. The molecule has 108 valence electrons. The molecule has 0 aliphatic heterocycles. The molecule has 0 saturated heterocycles. The number of fused-ring (bicyclic) bond motifs is 1. The molecule has 0 fully saturated rings. The van der Waals surface area contributed by atoms with Gasteiger partial charge >= 0.3 is 0 Å². The number of aromatic amines is 1. The van der Waals surface area contributed by atoms with Gasteiger partial charge in [0.15, 0.2) is 4.77 Å². The summed E-state index contributed by atoms with van der Waals surface area (Å²) in [6, 6.07) is 6.20. The molecule has 0 amide bonds. The number of nitrogens with zero attached hydrogens (tertiary/aromatic N) is 1. The zero-order valence-corrected chi connectivity index (χ0v) is 13.2. The summed E-state index contributed by atoms with van der Waals surface area (Å²) < 4.78 is 15.1. The van der Waals surface area contributed by atoms with Gasteiger partial charge in [-0.1, -0.05) is 12.1 Å². The molecule has 3 aromatic rings. The van der Waals surface area contributed by atoms with Gasteiger partial charge in [0.2, 0.25) is 0 Å². The second-order valence-electron chi connectivity index (χ2n) is 4.72. The third-order valence-electron chi connectivity index (χ3n) is 3.46. The molecule has 0 bridgehead atoms. The molecule has 6 heteroatoms. The standard InChI is InChI=1S/C15H13FN2OS2/c1-3-18-14(19)12-11(9-4-6-10(16)7-5-9)8(2)21-13(12)17-15(18)20/h4-7H,3H2,1-2H3,(H,17,20). The summed E-state index contributed by atoms with van der Waals surface area (Å²) in [5, 5.41) is 0.625. The Balaban J connectivity index is 2.43. The number of benzene rings is 1. The van der Waals surface area contributed by atoms with Gasteiger partial charge in [0.1, 0.15) is 10.6 Å². The fraction of sp³-hybridized carbons (Fsp3) is 0.200. The van der Waals surface area contributed by atoms with Crippen LogP contribution in [0.5, 0.6) is 0 Å². The van der Waals surface area contributed by atoms with Crippen LogP contribution in [0.4, 0.5) is 4.39 Å². The summed E-state index contributed by atoms with van der Waals surface area (Å²) in [5.74, 6) is -0.290. The van der Waals surface area contributed by atoms with E-state index in [2.05, 4.69) is 4.98 Å². The molecule has 3 nitrogen and oxygen atoms in total. The lowest BCUT2D eigenvalue weighted by atomic mass is 10.0. The van der Waals surface area contributed by atoms with Crippen molar-refractivity contribution in [3.8, 4) is 11.1 Å². The van der Waals surface area contributed by atoms with Crippen LogP contribution in [-0.2, 0) is 6.54 Å². The highest BCUT2D eigenvalue weighted by Crippen LogP contribution is 2.35. The van der Waals surface area contributed by atoms with Gasteiger partial charge in [-0.3, -0.25) is 9.36 Å². The Kier molecular flexibility index (Phi) is 3.51. The van der Waals surface area contributed by atoms with Crippen LogP contribution in [0.25, 0.3) is 21.3 Å². The highest BCUT2D eigenvalue weighted by atomic mass is 32.1. The van der Waals surface area contributed by atoms with E-state index in [0.717, 1.165) is 20.8 Å². The van der Waals surface area contributed by atoms with Gasteiger partial charge in [-0.05, 0) is 43.8 Å². The fourth-order valence-electron chi connectivity index (χ4n) is 2.48. The van der Waals surface area contributed by atoms with Crippen LogP contribution in [-0.4, -0.2) is 9.55 Å². The smallest absolute Gasteiger partial charge is 0.263 e. The van der Waals surface area contributed by atoms with E-state index in [0.29, 0.717) is 16.7 Å². The van der Waals surface area contributed by atoms with Crippen LogP contribution >= 0.6 is 23.6 Å². The highest BCUT2D eigenvalue weighted by molar-refractivity contribution is 7.71. The van der Waals surface area contributed by atoms with Crippen molar-refractivity contribution in [1.82, 2.24) is 9.55 Å². The zero-order chi connectivity index (χ0) is 15.1. The molecule has 0 atom stereocenters.